The van der Waals surface area contributed by atoms with Crippen LogP contribution >= 0.6 is 0 Å². The molecule has 94 valence electrons. The SMILES string of the molecule is NCCCCCCNc1ncccc1[N+](=O)[O-]. The molecule has 1 heterocycles. The Hall–Kier alpha value is -1.69. The molecule has 17 heavy (non-hydrogen) atoms. The molecule has 0 fully saturated rings. The minimum Gasteiger partial charge on any atom is -0.364 e. The van der Waals surface area contributed by atoms with E-state index in [-0.39, 0.29) is 5.69 Å². The van der Waals surface area contributed by atoms with Crippen LogP contribution in [0.1, 0.15) is 25.7 Å². The lowest BCUT2D eigenvalue weighted by molar-refractivity contribution is -0.384. The van der Waals surface area contributed by atoms with Crippen molar-refractivity contribution in [1.29, 1.82) is 0 Å². The van der Waals surface area contributed by atoms with Crippen LogP contribution < -0.4 is 11.1 Å². The molecule has 1 rings (SSSR count). The van der Waals surface area contributed by atoms with Crippen molar-refractivity contribution in [3.8, 4) is 0 Å². The van der Waals surface area contributed by atoms with Gasteiger partial charge in [-0.15, -0.1) is 0 Å². The lowest BCUT2D eigenvalue weighted by Gasteiger charge is -2.05. The van der Waals surface area contributed by atoms with Crippen molar-refractivity contribution in [1.82, 2.24) is 4.98 Å². The van der Waals surface area contributed by atoms with Crippen LogP contribution in [0.15, 0.2) is 18.3 Å². The van der Waals surface area contributed by atoms with Gasteiger partial charge in [0.1, 0.15) is 0 Å². The summed E-state index contributed by atoms with van der Waals surface area (Å²) in [5.74, 6) is 0.344. The first-order valence-electron chi connectivity index (χ1n) is 5.79. The van der Waals surface area contributed by atoms with E-state index < -0.39 is 4.92 Å². The average Bonchev–Trinajstić information content (AvgIpc) is 2.34. The third-order valence-corrected chi connectivity index (χ3v) is 2.41. The number of anilines is 1. The van der Waals surface area contributed by atoms with Crippen LogP contribution in [0.4, 0.5) is 11.5 Å². The summed E-state index contributed by atoms with van der Waals surface area (Å²) in [4.78, 5) is 14.2. The minimum atomic E-state index is -0.427. The van der Waals surface area contributed by atoms with E-state index in [4.69, 9.17) is 5.73 Å². The van der Waals surface area contributed by atoms with Crippen LogP contribution in [-0.4, -0.2) is 23.0 Å². The average molecular weight is 238 g/mol. The molecule has 0 aliphatic carbocycles. The molecule has 3 N–H and O–H groups in total. The van der Waals surface area contributed by atoms with Crippen molar-refractivity contribution in [2.24, 2.45) is 5.73 Å². The Balaban J connectivity index is 2.34. The maximum Gasteiger partial charge on any atom is 0.311 e. The van der Waals surface area contributed by atoms with E-state index >= 15 is 0 Å². The van der Waals surface area contributed by atoms with Gasteiger partial charge in [0.15, 0.2) is 0 Å². The zero-order valence-corrected chi connectivity index (χ0v) is 9.76. The third kappa shape index (κ3) is 4.78. The van der Waals surface area contributed by atoms with E-state index in [1.165, 1.54) is 6.07 Å². The van der Waals surface area contributed by atoms with Crippen molar-refractivity contribution in [3.05, 3.63) is 28.4 Å². The molecule has 0 saturated heterocycles. The molecule has 0 spiro atoms. The molecule has 0 radical (unpaired) electrons. The predicted octanol–water partition coefficient (Wildman–Crippen LogP) is 1.92. The van der Waals surface area contributed by atoms with Crippen molar-refractivity contribution in [3.63, 3.8) is 0 Å². The first kappa shape index (κ1) is 13.4. The van der Waals surface area contributed by atoms with Gasteiger partial charge in [-0.2, -0.15) is 0 Å². The summed E-state index contributed by atoms with van der Waals surface area (Å²) in [7, 11) is 0. The van der Waals surface area contributed by atoms with E-state index in [2.05, 4.69) is 10.3 Å². The molecular weight excluding hydrogens is 220 g/mol. The number of unbranched alkanes of at least 4 members (excludes halogenated alkanes) is 3. The van der Waals surface area contributed by atoms with Gasteiger partial charge in [-0.3, -0.25) is 10.1 Å². The van der Waals surface area contributed by atoms with Crippen molar-refractivity contribution >= 4 is 11.5 Å². The largest absolute Gasteiger partial charge is 0.364 e. The summed E-state index contributed by atoms with van der Waals surface area (Å²) in [5.41, 5.74) is 5.41. The molecule has 1 aromatic heterocycles. The van der Waals surface area contributed by atoms with Crippen molar-refractivity contribution in [2.45, 2.75) is 25.7 Å². The number of hydrogen-bond acceptors (Lipinski definition) is 5. The van der Waals surface area contributed by atoms with E-state index in [1.54, 1.807) is 12.3 Å². The third-order valence-electron chi connectivity index (χ3n) is 2.41. The van der Waals surface area contributed by atoms with Gasteiger partial charge < -0.3 is 11.1 Å². The summed E-state index contributed by atoms with van der Waals surface area (Å²) in [6, 6.07) is 3.01. The van der Waals surface area contributed by atoms with Gasteiger partial charge in [-0.05, 0) is 25.5 Å². The number of aromatic nitrogens is 1. The maximum absolute atomic E-state index is 10.7. The maximum atomic E-state index is 10.7. The smallest absolute Gasteiger partial charge is 0.311 e. The highest BCUT2D eigenvalue weighted by Crippen LogP contribution is 2.20. The predicted molar refractivity (Wildman–Crippen MR) is 66.9 cm³/mol. The highest BCUT2D eigenvalue weighted by atomic mass is 16.6. The number of nitro groups is 1. The number of nitrogens with one attached hydrogen (secondary N) is 1. The van der Waals surface area contributed by atoms with Crippen LogP contribution in [0, 0.1) is 10.1 Å². The van der Waals surface area contributed by atoms with Crippen LogP contribution in [0.5, 0.6) is 0 Å². The van der Waals surface area contributed by atoms with Gasteiger partial charge >= 0.3 is 5.69 Å². The van der Waals surface area contributed by atoms with Gasteiger partial charge in [-0.25, -0.2) is 4.98 Å². The topological polar surface area (TPSA) is 94.1 Å². The Bertz CT molecular complexity index is 357. The number of rotatable bonds is 8. The van der Waals surface area contributed by atoms with E-state index in [0.717, 1.165) is 32.2 Å². The first-order chi connectivity index (χ1) is 8.25. The monoisotopic (exact) mass is 238 g/mol. The van der Waals surface area contributed by atoms with Crippen molar-refractivity contribution < 1.29 is 4.92 Å². The van der Waals surface area contributed by atoms with E-state index in [9.17, 15) is 10.1 Å². The van der Waals surface area contributed by atoms with Crippen molar-refractivity contribution in [2.75, 3.05) is 18.4 Å². The number of nitrogens with zero attached hydrogens (tertiary/aromatic N) is 2. The van der Waals surface area contributed by atoms with Gasteiger partial charge in [0.05, 0.1) is 4.92 Å². The molecule has 6 heteroatoms. The van der Waals surface area contributed by atoms with Crippen LogP contribution in [-0.2, 0) is 0 Å². The Morgan fingerprint density at radius 3 is 2.82 bits per heavy atom. The van der Waals surface area contributed by atoms with Crippen LogP contribution in [0.3, 0.4) is 0 Å². The molecule has 0 unspecified atom stereocenters. The quantitative estimate of drug-likeness (QED) is 0.410. The summed E-state index contributed by atoms with van der Waals surface area (Å²) >= 11 is 0. The Labute approximate surface area is 100 Å². The summed E-state index contributed by atoms with van der Waals surface area (Å²) < 4.78 is 0. The Kier molecular flexibility index (Phi) is 5.95. The molecule has 0 saturated carbocycles. The molecule has 6 nitrogen and oxygen atoms in total. The van der Waals surface area contributed by atoms with Crippen LogP contribution in [0.2, 0.25) is 0 Å². The second-order valence-electron chi connectivity index (χ2n) is 3.76. The summed E-state index contributed by atoms with van der Waals surface area (Å²) in [5, 5.41) is 13.7. The van der Waals surface area contributed by atoms with Gasteiger partial charge in [0.25, 0.3) is 0 Å². The van der Waals surface area contributed by atoms with Crippen LogP contribution in [0.25, 0.3) is 0 Å². The Morgan fingerprint density at radius 1 is 1.35 bits per heavy atom. The second-order valence-corrected chi connectivity index (χ2v) is 3.76. The van der Waals surface area contributed by atoms with Gasteiger partial charge in [0.2, 0.25) is 5.82 Å². The fraction of sp³-hybridized carbons (Fsp3) is 0.545. The van der Waals surface area contributed by atoms with E-state index in [1.807, 2.05) is 0 Å². The summed E-state index contributed by atoms with van der Waals surface area (Å²) in [6.07, 6.45) is 5.72. The fourth-order valence-corrected chi connectivity index (χ4v) is 1.51. The van der Waals surface area contributed by atoms with E-state index in [0.29, 0.717) is 12.4 Å². The highest BCUT2D eigenvalue weighted by Gasteiger charge is 2.12. The highest BCUT2D eigenvalue weighted by molar-refractivity contribution is 5.54. The molecule has 0 amide bonds. The molecule has 0 atom stereocenters. The first-order valence-corrected chi connectivity index (χ1v) is 5.79. The lowest BCUT2D eigenvalue weighted by Crippen LogP contribution is -2.06. The molecule has 0 aromatic carbocycles. The van der Waals surface area contributed by atoms with Gasteiger partial charge in [0, 0.05) is 18.8 Å². The molecule has 0 aliphatic heterocycles. The zero-order valence-electron chi connectivity index (χ0n) is 9.76. The minimum absolute atomic E-state index is 0.0226. The number of hydrogen-bond donors (Lipinski definition) is 2. The Morgan fingerprint density at radius 2 is 2.12 bits per heavy atom. The zero-order chi connectivity index (χ0) is 12.5. The molecule has 0 aliphatic rings. The molecule has 0 bridgehead atoms. The molecule has 1 aromatic rings. The standard InChI is InChI=1S/C11H18N4O2/c12-7-3-1-2-4-8-13-11-10(15(16)17)6-5-9-14-11/h5-6,9H,1-4,7-8,12H2,(H,13,14). The lowest BCUT2D eigenvalue weighted by atomic mass is 10.2. The number of nitrogens with two attached hydrogens (primary N) is 1. The normalized spacial score (nSPS) is 10.2. The van der Waals surface area contributed by atoms with Gasteiger partial charge in [-0.1, -0.05) is 12.8 Å². The second kappa shape index (κ2) is 7.56. The molecular formula is C11H18N4O2. The fourth-order valence-electron chi connectivity index (χ4n) is 1.51. The summed E-state index contributed by atoms with van der Waals surface area (Å²) in [6.45, 7) is 1.42. The number of pyridine rings is 1.